The number of fused-ring (bicyclic) bond motifs is 1. The number of nitrogens with one attached hydrogen (secondary N) is 1. The Bertz CT molecular complexity index is 1010. The Morgan fingerprint density at radius 3 is 2.74 bits per heavy atom. The fraction of sp³-hybridized carbons (Fsp3) is 0.286. The summed E-state index contributed by atoms with van der Waals surface area (Å²) >= 11 is 1.57. The summed E-state index contributed by atoms with van der Waals surface area (Å²) in [5, 5.41) is 8.04. The highest BCUT2D eigenvalue weighted by Gasteiger charge is 2.39. The van der Waals surface area contributed by atoms with Crippen LogP contribution in [0, 0.1) is 6.92 Å². The SMILES string of the molecule is Cc1csc([C@H](C)CN2C(=O)N[C@H](Cc3cccc4ccccc34)C2=O)n1. The number of thiazole rings is 1. The first kappa shape index (κ1) is 17.7. The molecule has 1 saturated heterocycles. The van der Waals surface area contributed by atoms with Crippen LogP contribution in [0.25, 0.3) is 10.8 Å². The third-order valence-corrected chi connectivity index (χ3v) is 6.12. The lowest BCUT2D eigenvalue weighted by Crippen LogP contribution is -2.35. The van der Waals surface area contributed by atoms with Gasteiger partial charge in [-0.25, -0.2) is 9.78 Å². The van der Waals surface area contributed by atoms with E-state index < -0.39 is 6.04 Å². The quantitative estimate of drug-likeness (QED) is 0.685. The third kappa shape index (κ3) is 3.45. The summed E-state index contributed by atoms with van der Waals surface area (Å²) in [5.41, 5.74) is 2.03. The molecule has 27 heavy (non-hydrogen) atoms. The normalized spacial score (nSPS) is 18.1. The minimum absolute atomic E-state index is 0.0229. The molecule has 0 saturated carbocycles. The van der Waals surface area contributed by atoms with Crippen molar-refractivity contribution in [1.82, 2.24) is 15.2 Å². The predicted molar refractivity (Wildman–Crippen MR) is 107 cm³/mol. The number of imide groups is 1. The van der Waals surface area contributed by atoms with Crippen LogP contribution in [0.15, 0.2) is 47.8 Å². The van der Waals surface area contributed by atoms with Gasteiger partial charge in [-0.3, -0.25) is 9.69 Å². The molecule has 4 rings (SSSR count). The number of hydrogen-bond donors (Lipinski definition) is 1. The third-order valence-electron chi connectivity index (χ3n) is 4.93. The van der Waals surface area contributed by atoms with E-state index >= 15 is 0 Å². The molecule has 1 N–H and O–H groups in total. The Morgan fingerprint density at radius 2 is 1.96 bits per heavy atom. The molecule has 1 aliphatic rings. The largest absolute Gasteiger partial charge is 0.325 e. The van der Waals surface area contributed by atoms with E-state index in [4.69, 9.17) is 0 Å². The molecule has 3 amide bonds. The van der Waals surface area contributed by atoms with E-state index in [0.29, 0.717) is 13.0 Å². The first-order chi connectivity index (χ1) is 13.0. The molecule has 3 aromatic rings. The van der Waals surface area contributed by atoms with Gasteiger partial charge in [0.05, 0.1) is 5.01 Å². The van der Waals surface area contributed by atoms with Gasteiger partial charge < -0.3 is 5.32 Å². The van der Waals surface area contributed by atoms with Crippen LogP contribution >= 0.6 is 11.3 Å². The van der Waals surface area contributed by atoms with Gasteiger partial charge in [0.2, 0.25) is 0 Å². The van der Waals surface area contributed by atoms with Gasteiger partial charge in [-0.1, -0.05) is 49.4 Å². The first-order valence-corrected chi connectivity index (χ1v) is 9.91. The van der Waals surface area contributed by atoms with E-state index in [1.165, 1.54) is 4.90 Å². The molecule has 1 aromatic heterocycles. The minimum atomic E-state index is -0.520. The molecule has 0 radical (unpaired) electrons. The van der Waals surface area contributed by atoms with E-state index in [2.05, 4.69) is 28.5 Å². The molecule has 0 aliphatic carbocycles. The smallest absolute Gasteiger partial charge is 0.324 e. The molecule has 1 fully saturated rings. The van der Waals surface area contributed by atoms with Gasteiger partial charge >= 0.3 is 6.03 Å². The lowest BCUT2D eigenvalue weighted by Gasteiger charge is -2.17. The average Bonchev–Trinajstić information content (AvgIpc) is 3.21. The summed E-state index contributed by atoms with van der Waals surface area (Å²) in [7, 11) is 0. The topological polar surface area (TPSA) is 62.3 Å². The van der Waals surface area contributed by atoms with Crippen LogP contribution < -0.4 is 5.32 Å². The number of carbonyl (C=O) groups excluding carboxylic acids is 2. The fourth-order valence-electron chi connectivity index (χ4n) is 3.53. The van der Waals surface area contributed by atoms with Crippen LogP contribution in [0.3, 0.4) is 0 Å². The van der Waals surface area contributed by atoms with Crippen molar-refractivity contribution in [2.45, 2.75) is 32.2 Å². The van der Waals surface area contributed by atoms with Gasteiger partial charge in [0.15, 0.2) is 0 Å². The average molecular weight is 379 g/mol. The Morgan fingerprint density at radius 1 is 1.19 bits per heavy atom. The van der Waals surface area contributed by atoms with E-state index in [-0.39, 0.29) is 17.9 Å². The first-order valence-electron chi connectivity index (χ1n) is 9.03. The Kier molecular flexibility index (Phi) is 4.66. The van der Waals surface area contributed by atoms with Crippen LogP contribution in [0.2, 0.25) is 0 Å². The molecule has 0 bridgehead atoms. The predicted octanol–water partition coefficient (Wildman–Crippen LogP) is 3.87. The van der Waals surface area contributed by atoms with Crippen LogP contribution in [-0.4, -0.2) is 34.4 Å². The number of aromatic nitrogens is 1. The van der Waals surface area contributed by atoms with E-state index in [9.17, 15) is 9.59 Å². The van der Waals surface area contributed by atoms with Crippen LogP contribution in [0.1, 0.15) is 29.1 Å². The molecule has 1 aliphatic heterocycles. The number of aryl methyl sites for hydroxylation is 1. The standard InChI is InChI=1S/C21H21N3O2S/c1-13(19-22-14(2)12-27-19)11-24-20(25)18(23-21(24)26)10-16-8-5-7-15-6-3-4-9-17(15)16/h3-9,12-13,18H,10-11H2,1-2H3,(H,23,26)/t13-,18-/m1/s1. The maximum absolute atomic E-state index is 12.9. The second-order valence-electron chi connectivity index (χ2n) is 7.02. The number of hydrogen-bond acceptors (Lipinski definition) is 4. The molecular formula is C21H21N3O2S. The monoisotopic (exact) mass is 379 g/mol. The molecule has 6 heteroatoms. The van der Waals surface area contributed by atoms with Crippen molar-refractivity contribution in [1.29, 1.82) is 0 Å². The summed E-state index contributed by atoms with van der Waals surface area (Å²) in [5.74, 6) is -0.136. The summed E-state index contributed by atoms with van der Waals surface area (Å²) in [4.78, 5) is 31.1. The lowest BCUT2D eigenvalue weighted by molar-refractivity contribution is -0.127. The number of urea groups is 1. The van der Waals surface area contributed by atoms with Crippen molar-refractivity contribution in [3.63, 3.8) is 0 Å². The van der Waals surface area contributed by atoms with Crippen molar-refractivity contribution in [3.05, 3.63) is 64.1 Å². The highest BCUT2D eigenvalue weighted by Crippen LogP contribution is 2.24. The highest BCUT2D eigenvalue weighted by molar-refractivity contribution is 7.09. The second-order valence-corrected chi connectivity index (χ2v) is 7.91. The molecule has 0 spiro atoms. The molecule has 2 atom stereocenters. The van der Waals surface area contributed by atoms with Gasteiger partial charge in [0.25, 0.3) is 5.91 Å². The second kappa shape index (κ2) is 7.12. The van der Waals surface area contributed by atoms with Gasteiger partial charge in [-0.05, 0) is 23.3 Å². The number of amides is 3. The van der Waals surface area contributed by atoms with Gasteiger partial charge in [-0.2, -0.15) is 0 Å². The van der Waals surface area contributed by atoms with Crippen LogP contribution in [-0.2, 0) is 11.2 Å². The zero-order valence-corrected chi connectivity index (χ0v) is 16.1. The molecule has 138 valence electrons. The summed E-state index contributed by atoms with van der Waals surface area (Å²) in [6.07, 6.45) is 0.493. The van der Waals surface area contributed by atoms with Crippen molar-refractivity contribution in [3.8, 4) is 0 Å². The maximum atomic E-state index is 12.9. The number of benzene rings is 2. The lowest BCUT2D eigenvalue weighted by atomic mass is 9.99. The Balaban J connectivity index is 1.51. The molecule has 5 nitrogen and oxygen atoms in total. The highest BCUT2D eigenvalue weighted by atomic mass is 32.1. The van der Waals surface area contributed by atoms with Crippen molar-refractivity contribution < 1.29 is 9.59 Å². The summed E-state index contributed by atoms with van der Waals surface area (Å²) in [6, 6.07) is 13.3. The van der Waals surface area contributed by atoms with Crippen molar-refractivity contribution in [2.24, 2.45) is 0 Å². The zero-order chi connectivity index (χ0) is 19.0. The Labute approximate surface area is 162 Å². The van der Waals surface area contributed by atoms with E-state index in [0.717, 1.165) is 27.0 Å². The van der Waals surface area contributed by atoms with Gasteiger partial charge in [0, 0.05) is 30.0 Å². The number of rotatable bonds is 5. The molecule has 2 aromatic carbocycles. The minimum Gasteiger partial charge on any atom is -0.325 e. The fourth-order valence-corrected chi connectivity index (χ4v) is 4.38. The van der Waals surface area contributed by atoms with Crippen molar-refractivity contribution >= 4 is 34.0 Å². The van der Waals surface area contributed by atoms with Crippen molar-refractivity contribution in [2.75, 3.05) is 6.54 Å². The number of nitrogens with zero attached hydrogens (tertiary/aromatic N) is 2. The zero-order valence-electron chi connectivity index (χ0n) is 15.3. The molecule has 0 unspecified atom stereocenters. The molecule has 2 heterocycles. The maximum Gasteiger partial charge on any atom is 0.324 e. The van der Waals surface area contributed by atoms with Gasteiger partial charge in [0.1, 0.15) is 6.04 Å². The Hall–Kier alpha value is -2.73. The summed E-state index contributed by atoms with van der Waals surface area (Å²) < 4.78 is 0. The van der Waals surface area contributed by atoms with E-state index in [1.807, 2.05) is 43.5 Å². The summed E-state index contributed by atoms with van der Waals surface area (Å²) in [6.45, 7) is 4.29. The number of carbonyl (C=O) groups is 2. The van der Waals surface area contributed by atoms with Crippen LogP contribution in [0.4, 0.5) is 4.79 Å². The van der Waals surface area contributed by atoms with Gasteiger partial charge in [-0.15, -0.1) is 11.3 Å². The van der Waals surface area contributed by atoms with Crippen LogP contribution in [0.5, 0.6) is 0 Å². The molecular weight excluding hydrogens is 358 g/mol. The van der Waals surface area contributed by atoms with E-state index in [1.54, 1.807) is 11.3 Å².